The molecular formula is C8H10ClN3O3. The summed E-state index contributed by atoms with van der Waals surface area (Å²) in [6.45, 7) is -0.563. The molecule has 0 bridgehead atoms. The number of carbonyl (C=O) groups excluding carboxylic acids is 1. The number of halogens is 1. The summed E-state index contributed by atoms with van der Waals surface area (Å²) < 4.78 is 0. The molecule has 0 saturated carbocycles. The van der Waals surface area contributed by atoms with Gasteiger partial charge in [0, 0.05) is 0 Å². The van der Waals surface area contributed by atoms with E-state index in [9.17, 15) is 4.79 Å². The molecule has 0 aliphatic heterocycles. The predicted molar refractivity (Wildman–Crippen MR) is 54.0 cm³/mol. The quantitative estimate of drug-likeness (QED) is 0.476. The van der Waals surface area contributed by atoms with E-state index in [4.69, 9.17) is 21.8 Å². The van der Waals surface area contributed by atoms with Crippen molar-refractivity contribution in [1.82, 2.24) is 9.97 Å². The molecule has 1 heterocycles. The van der Waals surface area contributed by atoms with E-state index in [0.29, 0.717) is 6.29 Å². The highest BCUT2D eigenvalue weighted by atomic mass is 35.5. The molecule has 0 aliphatic rings. The van der Waals surface area contributed by atoms with Crippen molar-refractivity contribution in [3.63, 3.8) is 0 Å². The van der Waals surface area contributed by atoms with Gasteiger partial charge < -0.3 is 15.5 Å². The number of aromatic nitrogens is 2. The first kappa shape index (κ1) is 11.8. The van der Waals surface area contributed by atoms with Crippen molar-refractivity contribution in [3.05, 3.63) is 17.0 Å². The van der Waals surface area contributed by atoms with Crippen LogP contribution in [0.5, 0.6) is 0 Å². The van der Waals surface area contributed by atoms with E-state index < -0.39 is 6.04 Å². The molecule has 0 spiro atoms. The maximum absolute atomic E-state index is 10.7. The van der Waals surface area contributed by atoms with E-state index in [1.54, 1.807) is 0 Å². The number of carbonyl (C=O) groups is 1. The third-order valence-electron chi connectivity index (χ3n) is 1.73. The van der Waals surface area contributed by atoms with Gasteiger partial charge in [-0.05, 0) is 0 Å². The van der Waals surface area contributed by atoms with Crippen LogP contribution in [0.3, 0.4) is 0 Å². The van der Waals surface area contributed by atoms with Crippen molar-refractivity contribution in [1.29, 1.82) is 0 Å². The van der Waals surface area contributed by atoms with Crippen molar-refractivity contribution < 1.29 is 15.0 Å². The highest BCUT2D eigenvalue weighted by molar-refractivity contribution is 6.32. The van der Waals surface area contributed by atoms with Crippen LogP contribution in [-0.2, 0) is 0 Å². The lowest BCUT2D eigenvalue weighted by molar-refractivity contribution is 0.112. The monoisotopic (exact) mass is 231 g/mol. The van der Waals surface area contributed by atoms with Crippen LogP contribution in [0.2, 0.25) is 5.15 Å². The van der Waals surface area contributed by atoms with Crippen molar-refractivity contribution in [2.45, 2.75) is 6.04 Å². The maximum Gasteiger partial charge on any atom is 0.156 e. The number of aldehydes is 1. The molecule has 0 saturated heterocycles. The Labute approximate surface area is 90.9 Å². The van der Waals surface area contributed by atoms with Crippen LogP contribution in [-0.4, -0.2) is 45.7 Å². The van der Waals surface area contributed by atoms with Crippen LogP contribution < -0.4 is 5.32 Å². The third kappa shape index (κ3) is 2.85. The standard InChI is InChI=1S/C8H10ClN3O3/c9-7-6(3-15)8(11-4-10-7)12-5(1-13)2-14/h3-5,13-14H,1-2H2,(H,10,11,12). The highest BCUT2D eigenvalue weighted by Crippen LogP contribution is 2.17. The number of hydrogen-bond donors (Lipinski definition) is 3. The molecule has 0 radical (unpaired) electrons. The number of aliphatic hydroxyl groups is 2. The fraction of sp³-hybridized carbons (Fsp3) is 0.375. The van der Waals surface area contributed by atoms with Crippen LogP contribution in [0.1, 0.15) is 10.4 Å². The minimum atomic E-state index is -0.588. The van der Waals surface area contributed by atoms with Crippen molar-refractivity contribution in [2.75, 3.05) is 18.5 Å². The lowest BCUT2D eigenvalue weighted by Gasteiger charge is -2.14. The van der Waals surface area contributed by atoms with Gasteiger partial charge in [-0.15, -0.1) is 0 Å². The van der Waals surface area contributed by atoms with Crippen molar-refractivity contribution >= 4 is 23.7 Å². The summed E-state index contributed by atoms with van der Waals surface area (Å²) in [4.78, 5) is 18.1. The second kappa shape index (κ2) is 5.59. The molecule has 0 unspecified atom stereocenters. The summed E-state index contributed by atoms with van der Waals surface area (Å²) in [6, 6.07) is -0.588. The first-order valence-corrected chi connectivity index (χ1v) is 4.54. The zero-order valence-corrected chi connectivity index (χ0v) is 8.48. The van der Waals surface area contributed by atoms with E-state index in [2.05, 4.69) is 15.3 Å². The van der Waals surface area contributed by atoms with Gasteiger partial charge in [0.2, 0.25) is 0 Å². The van der Waals surface area contributed by atoms with Gasteiger partial charge in [-0.2, -0.15) is 0 Å². The summed E-state index contributed by atoms with van der Waals surface area (Å²) in [6.07, 6.45) is 1.69. The fourth-order valence-corrected chi connectivity index (χ4v) is 1.11. The van der Waals surface area contributed by atoms with E-state index >= 15 is 0 Å². The van der Waals surface area contributed by atoms with E-state index in [1.807, 2.05) is 0 Å². The van der Waals surface area contributed by atoms with Gasteiger partial charge in [-0.1, -0.05) is 11.6 Å². The molecule has 1 aromatic rings. The molecule has 0 fully saturated rings. The van der Waals surface area contributed by atoms with E-state index in [1.165, 1.54) is 6.33 Å². The topological polar surface area (TPSA) is 95.3 Å². The molecule has 0 amide bonds. The van der Waals surface area contributed by atoms with Crippen LogP contribution in [0, 0.1) is 0 Å². The summed E-state index contributed by atoms with van der Waals surface area (Å²) in [5.74, 6) is 0.193. The van der Waals surface area contributed by atoms with E-state index in [0.717, 1.165) is 0 Å². The second-order valence-corrected chi connectivity index (χ2v) is 3.11. The smallest absolute Gasteiger partial charge is 0.156 e. The fourth-order valence-electron chi connectivity index (χ4n) is 0.936. The molecule has 1 rings (SSSR count). The van der Waals surface area contributed by atoms with Crippen LogP contribution in [0.25, 0.3) is 0 Å². The summed E-state index contributed by atoms with van der Waals surface area (Å²) >= 11 is 5.65. The van der Waals surface area contributed by atoms with Gasteiger partial charge in [0.1, 0.15) is 17.3 Å². The van der Waals surface area contributed by atoms with Gasteiger partial charge >= 0.3 is 0 Å². The molecule has 7 heteroatoms. The number of hydrogen-bond acceptors (Lipinski definition) is 6. The Morgan fingerprint density at radius 2 is 2.13 bits per heavy atom. The first-order valence-electron chi connectivity index (χ1n) is 4.16. The van der Waals surface area contributed by atoms with Crippen molar-refractivity contribution in [3.8, 4) is 0 Å². The van der Waals surface area contributed by atoms with Crippen molar-refractivity contribution in [2.24, 2.45) is 0 Å². The van der Waals surface area contributed by atoms with Crippen LogP contribution in [0.15, 0.2) is 6.33 Å². The molecule has 0 aliphatic carbocycles. The Kier molecular flexibility index (Phi) is 4.41. The largest absolute Gasteiger partial charge is 0.394 e. The average molecular weight is 232 g/mol. The van der Waals surface area contributed by atoms with Gasteiger partial charge in [0.15, 0.2) is 6.29 Å². The number of rotatable bonds is 5. The summed E-state index contributed by atoms with van der Waals surface area (Å²) in [7, 11) is 0. The Morgan fingerprint density at radius 3 is 2.67 bits per heavy atom. The Bertz CT molecular complexity index is 344. The normalized spacial score (nSPS) is 10.4. The van der Waals surface area contributed by atoms with E-state index in [-0.39, 0.29) is 29.7 Å². The number of nitrogens with one attached hydrogen (secondary N) is 1. The molecule has 0 aromatic carbocycles. The van der Waals surface area contributed by atoms with Gasteiger partial charge in [0.05, 0.1) is 24.8 Å². The summed E-state index contributed by atoms with van der Waals surface area (Å²) in [5.41, 5.74) is 0.103. The average Bonchev–Trinajstić information content (AvgIpc) is 2.26. The third-order valence-corrected chi connectivity index (χ3v) is 2.04. The second-order valence-electron chi connectivity index (χ2n) is 2.75. The number of anilines is 1. The molecular weight excluding hydrogens is 222 g/mol. The highest BCUT2D eigenvalue weighted by Gasteiger charge is 2.12. The molecule has 0 atom stereocenters. The molecule has 1 aromatic heterocycles. The predicted octanol–water partition coefficient (Wildman–Crippen LogP) is -0.292. The summed E-state index contributed by atoms with van der Waals surface area (Å²) in [5, 5.41) is 20.4. The number of nitrogens with zero attached hydrogens (tertiary/aromatic N) is 2. The maximum atomic E-state index is 10.7. The first-order chi connectivity index (χ1) is 7.22. The molecule has 15 heavy (non-hydrogen) atoms. The SMILES string of the molecule is O=Cc1c(Cl)ncnc1NC(CO)CO. The Hall–Kier alpha value is -1.24. The van der Waals surface area contributed by atoms with Gasteiger partial charge in [-0.3, -0.25) is 4.79 Å². The van der Waals surface area contributed by atoms with Crippen LogP contribution >= 0.6 is 11.6 Å². The zero-order valence-electron chi connectivity index (χ0n) is 7.72. The van der Waals surface area contributed by atoms with Crippen LogP contribution in [0.4, 0.5) is 5.82 Å². The minimum absolute atomic E-state index is 0.0251. The Morgan fingerprint density at radius 1 is 1.47 bits per heavy atom. The lowest BCUT2D eigenvalue weighted by Crippen LogP contribution is -2.28. The zero-order chi connectivity index (χ0) is 11.3. The van der Waals surface area contributed by atoms with Gasteiger partial charge in [0.25, 0.3) is 0 Å². The lowest BCUT2D eigenvalue weighted by atomic mass is 10.3. The minimum Gasteiger partial charge on any atom is -0.394 e. The van der Waals surface area contributed by atoms with Gasteiger partial charge in [-0.25, -0.2) is 9.97 Å². The molecule has 82 valence electrons. The Balaban J connectivity index is 2.93. The molecule has 6 nitrogen and oxygen atoms in total. The molecule has 3 N–H and O–H groups in total. The number of aliphatic hydroxyl groups excluding tert-OH is 2.